The van der Waals surface area contributed by atoms with Crippen LogP contribution in [0.2, 0.25) is 0 Å². The van der Waals surface area contributed by atoms with Crippen LogP contribution in [0.1, 0.15) is 35.7 Å². The number of carbonyl (C=O) groups excluding carboxylic acids is 1. The molecule has 0 unspecified atom stereocenters. The van der Waals surface area contributed by atoms with Gasteiger partial charge in [0.15, 0.2) is 0 Å². The maximum atomic E-state index is 12.1. The summed E-state index contributed by atoms with van der Waals surface area (Å²) in [7, 11) is 0. The Hall–Kier alpha value is -2.29. The van der Waals surface area contributed by atoms with E-state index < -0.39 is 0 Å². The number of rotatable bonds is 3. The number of amides is 1. The largest absolute Gasteiger partial charge is 0.397 e. The van der Waals surface area contributed by atoms with Crippen LogP contribution in [0, 0.1) is 0 Å². The van der Waals surface area contributed by atoms with Crippen molar-refractivity contribution in [2.24, 2.45) is 0 Å². The molecule has 0 fully saturated rings. The summed E-state index contributed by atoms with van der Waals surface area (Å²) in [6.07, 6.45) is 0. The number of nitrogens with two attached hydrogens (primary N) is 1. The van der Waals surface area contributed by atoms with Gasteiger partial charge >= 0.3 is 0 Å². The molecule has 2 aromatic carbocycles. The molecule has 0 aliphatic heterocycles. The number of anilines is 2. The van der Waals surface area contributed by atoms with E-state index in [0.29, 0.717) is 22.9 Å². The molecule has 0 aliphatic carbocycles. The minimum absolute atomic E-state index is 0.145. The molecule has 98 valence electrons. The van der Waals surface area contributed by atoms with Crippen LogP contribution in [-0.2, 0) is 0 Å². The molecule has 0 heterocycles. The molecule has 0 spiro atoms. The first kappa shape index (κ1) is 13.1. The highest BCUT2D eigenvalue weighted by Gasteiger charge is 2.08. The van der Waals surface area contributed by atoms with Crippen LogP contribution in [0.5, 0.6) is 0 Å². The van der Waals surface area contributed by atoms with Crippen LogP contribution in [0.25, 0.3) is 0 Å². The Morgan fingerprint density at radius 1 is 1.05 bits per heavy atom. The van der Waals surface area contributed by atoms with Crippen molar-refractivity contribution in [1.29, 1.82) is 0 Å². The summed E-state index contributed by atoms with van der Waals surface area (Å²) in [5.74, 6) is 0.315. The SMILES string of the molecule is CC(C)c1ccc(C(=O)Nc2ccccc2N)cc1. The average Bonchev–Trinajstić information content (AvgIpc) is 2.41. The Kier molecular flexibility index (Phi) is 3.85. The topological polar surface area (TPSA) is 55.1 Å². The molecule has 3 N–H and O–H groups in total. The lowest BCUT2D eigenvalue weighted by Gasteiger charge is -2.09. The molecule has 0 saturated heterocycles. The molecule has 0 radical (unpaired) electrons. The molecule has 2 rings (SSSR count). The lowest BCUT2D eigenvalue weighted by molar-refractivity contribution is 0.102. The summed E-state index contributed by atoms with van der Waals surface area (Å²) in [5.41, 5.74) is 8.85. The molecule has 0 saturated carbocycles. The lowest BCUT2D eigenvalue weighted by atomic mass is 10.0. The van der Waals surface area contributed by atoms with Crippen molar-refractivity contribution in [2.45, 2.75) is 19.8 Å². The number of carbonyl (C=O) groups is 1. The fraction of sp³-hybridized carbons (Fsp3) is 0.188. The molecule has 0 atom stereocenters. The van der Waals surface area contributed by atoms with E-state index in [9.17, 15) is 4.79 Å². The van der Waals surface area contributed by atoms with Crippen molar-refractivity contribution in [1.82, 2.24) is 0 Å². The molecule has 0 bridgehead atoms. The maximum absolute atomic E-state index is 12.1. The third-order valence-corrected chi connectivity index (χ3v) is 3.05. The zero-order valence-corrected chi connectivity index (χ0v) is 11.2. The quantitative estimate of drug-likeness (QED) is 0.821. The second-order valence-corrected chi connectivity index (χ2v) is 4.82. The second-order valence-electron chi connectivity index (χ2n) is 4.82. The first-order valence-electron chi connectivity index (χ1n) is 6.33. The van der Waals surface area contributed by atoms with Crippen LogP contribution in [-0.4, -0.2) is 5.91 Å². The smallest absolute Gasteiger partial charge is 0.255 e. The van der Waals surface area contributed by atoms with Crippen LogP contribution >= 0.6 is 0 Å². The molecule has 1 amide bonds. The first-order valence-corrected chi connectivity index (χ1v) is 6.33. The third-order valence-electron chi connectivity index (χ3n) is 3.05. The number of para-hydroxylation sites is 2. The van der Waals surface area contributed by atoms with Crippen LogP contribution in [0.4, 0.5) is 11.4 Å². The molecule has 19 heavy (non-hydrogen) atoms. The predicted octanol–water partition coefficient (Wildman–Crippen LogP) is 3.64. The number of benzene rings is 2. The summed E-state index contributed by atoms with van der Waals surface area (Å²) in [4.78, 5) is 12.1. The van der Waals surface area contributed by atoms with E-state index in [1.165, 1.54) is 5.56 Å². The monoisotopic (exact) mass is 254 g/mol. The summed E-state index contributed by atoms with van der Waals surface area (Å²) >= 11 is 0. The van der Waals surface area contributed by atoms with E-state index in [0.717, 1.165) is 0 Å². The highest BCUT2D eigenvalue weighted by atomic mass is 16.1. The van der Waals surface area contributed by atoms with E-state index in [1.54, 1.807) is 12.1 Å². The van der Waals surface area contributed by atoms with E-state index in [1.807, 2.05) is 36.4 Å². The number of nitrogens with one attached hydrogen (secondary N) is 1. The molecule has 0 aromatic heterocycles. The van der Waals surface area contributed by atoms with Gasteiger partial charge in [0.05, 0.1) is 11.4 Å². The van der Waals surface area contributed by atoms with Gasteiger partial charge in [-0.1, -0.05) is 38.1 Å². The van der Waals surface area contributed by atoms with E-state index >= 15 is 0 Å². The Labute approximate surface area is 113 Å². The summed E-state index contributed by atoms with van der Waals surface area (Å²) < 4.78 is 0. The third kappa shape index (κ3) is 3.13. The van der Waals surface area contributed by atoms with Crippen LogP contribution in [0.3, 0.4) is 0 Å². The molecular weight excluding hydrogens is 236 g/mol. The van der Waals surface area contributed by atoms with Gasteiger partial charge in [-0.25, -0.2) is 0 Å². The van der Waals surface area contributed by atoms with Crippen molar-refractivity contribution in [3.63, 3.8) is 0 Å². The van der Waals surface area contributed by atoms with Crippen molar-refractivity contribution >= 4 is 17.3 Å². The Balaban J connectivity index is 2.14. The van der Waals surface area contributed by atoms with Gasteiger partial charge in [-0.3, -0.25) is 4.79 Å². The zero-order chi connectivity index (χ0) is 13.8. The summed E-state index contributed by atoms with van der Waals surface area (Å²) in [6.45, 7) is 4.25. The standard InChI is InChI=1S/C16H18N2O/c1-11(2)12-7-9-13(10-8-12)16(19)18-15-6-4-3-5-14(15)17/h3-11H,17H2,1-2H3,(H,18,19). The van der Waals surface area contributed by atoms with Gasteiger partial charge in [0.2, 0.25) is 0 Å². The Morgan fingerprint density at radius 3 is 2.26 bits per heavy atom. The van der Waals surface area contributed by atoms with Crippen LogP contribution in [0.15, 0.2) is 48.5 Å². The van der Waals surface area contributed by atoms with Crippen molar-refractivity contribution in [2.75, 3.05) is 11.1 Å². The Morgan fingerprint density at radius 2 is 1.68 bits per heavy atom. The van der Waals surface area contributed by atoms with Crippen molar-refractivity contribution < 1.29 is 4.79 Å². The molecule has 2 aromatic rings. The molecule has 0 aliphatic rings. The number of nitrogen functional groups attached to an aromatic ring is 1. The maximum Gasteiger partial charge on any atom is 0.255 e. The predicted molar refractivity (Wildman–Crippen MR) is 79.3 cm³/mol. The highest BCUT2D eigenvalue weighted by molar-refractivity contribution is 6.05. The fourth-order valence-electron chi connectivity index (χ4n) is 1.82. The van der Waals surface area contributed by atoms with E-state index in [4.69, 9.17) is 5.73 Å². The summed E-state index contributed by atoms with van der Waals surface area (Å²) in [5, 5.41) is 2.81. The number of hydrogen-bond donors (Lipinski definition) is 2. The van der Waals surface area contributed by atoms with Gasteiger partial charge in [-0.15, -0.1) is 0 Å². The van der Waals surface area contributed by atoms with Gasteiger partial charge in [0, 0.05) is 5.56 Å². The Bertz CT molecular complexity index is 574. The first-order chi connectivity index (χ1) is 9.08. The zero-order valence-electron chi connectivity index (χ0n) is 11.2. The second kappa shape index (κ2) is 5.57. The average molecular weight is 254 g/mol. The minimum Gasteiger partial charge on any atom is -0.397 e. The van der Waals surface area contributed by atoms with Gasteiger partial charge in [-0.05, 0) is 35.7 Å². The van der Waals surface area contributed by atoms with Crippen molar-refractivity contribution in [3.8, 4) is 0 Å². The number of hydrogen-bond acceptors (Lipinski definition) is 2. The van der Waals surface area contributed by atoms with Gasteiger partial charge in [-0.2, -0.15) is 0 Å². The fourth-order valence-corrected chi connectivity index (χ4v) is 1.82. The van der Waals surface area contributed by atoms with Crippen LogP contribution < -0.4 is 11.1 Å². The van der Waals surface area contributed by atoms with Crippen molar-refractivity contribution in [3.05, 3.63) is 59.7 Å². The molecule has 3 nitrogen and oxygen atoms in total. The van der Waals surface area contributed by atoms with Gasteiger partial charge in [0.1, 0.15) is 0 Å². The van der Waals surface area contributed by atoms with Gasteiger partial charge < -0.3 is 11.1 Å². The summed E-state index contributed by atoms with van der Waals surface area (Å²) in [6, 6.07) is 14.9. The molecule has 3 heteroatoms. The van der Waals surface area contributed by atoms with E-state index in [-0.39, 0.29) is 5.91 Å². The van der Waals surface area contributed by atoms with E-state index in [2.05, 4.69) is 19.2 Å². The highest BCUT2D eigenvalue weighted by Crippen LogP contribution is 2.19. The molecular formula is C16H18N2O. The lowest BCUT2D eigenvalue weighted by Crippen LogP contribution is -2.13. The minimum atomic E-state index is -0.145. The van der Waals surface area contributed by atoms with Gasteiger partial charge in [0.25, 0.3) is 5.91 Å². The normalized spacial score (nSPS) is 10.5.